The van der Waals surface area contributed by atoms with Gasteiger partial charge in [0.1, 0.15) is 18.2 Å². The predicted octanol–water partition coefficient (Wildman–Crippen LogP) is 3.41. The minimum Gasteiger partial charge on any atom is -0.328 e. The van der Waals surface area contributed by atoms with E-state index in [9.17, 15) is 13.6 Å². The first-order chi connectivity index (χ1) is 14.5. The molecule has 1 fully saturated rings. The molecule has 3 aromatic rings. The maximum absolute atomic E-state index is 14.4. The number of benzene rings is 2. The lowest BCUT2D eigenvalue weighted by Crippen LogP contribution is -2.34. The van der Waals surface area contributed by atoms with Crippen molar-refractivity contribution in [2.75, 3.05) is 19.4 Å². The Balaban J connectivity index is 0.00000124. The van der Waals surface area contributed by atoms with Crippen LogP contribution in [0.15, 0.2) is 42.6 Å². The number of hydroxylamine groups is 2. The number of nitrogens with two attached hydrogens (primary N) is 1. The molecule has 1 atom stereocenters. The van der Waals surface area contributed by atoms with Crippen molar-refractivity contribution in [2.45, 2.75) is 25.4 Å². The molecule has 4 rings (SSSR count). The average Bonchev–Trinajstić information content (AvgIpc) is 3.02. The van der Waals surface area contributed by atoms with Crippen LogP contribution in [0.5, 0.6) is 0 Å². The molecule has 30 heavy (non-hydrogen) atoms. The molecule has 1 amide bonds. The number of thiol groups is 1. The van der Waals surface area contributed by atoms with Gasteiger partial charge in [0.15, 0.2) is 0 Å². The number of para-hydroxylation sites is 1. The van der Waals surface area contributed by atoms with Crippen LogP contribution in [-0.2, 0) is 16.2 Å². The van der Waals surface area contributed by atoms with Gasteiger partial charge in [-0.2, -0.15) is 17.7 Å². The van der Waals surface area contributed by atoms with E-state index in [-0.39, 0.29) is 24.1 Å². The highest BCUT2D eigenvalue weighted by atomic mass is 32.1. The summed E-state index contributed by atoms with van der Waals surface area (Å²) in [6.07, 6.45) is 4.60. The maximum atomic E-state index is 14.4. The second-order valence-electron chi connectivity index (χ2n) is 6.81. The van der Waals surface area contributed by atoms with Crippen molar-refractivity contribution < 1.29 is 18.4 Å². The highest BCUT2D eigenvalue weighted by Crippen LogP contribution is 2.32. The van der Waals surface area contributed by atoms with Gasteiger partial charge < -0.3 is 5.73 Å². The standard InChI is InChI=1S/C20H20F2N4O2.CH4S/c21-16-5-2-6-17(22)19(16)15-4-1-3-13-11-24-25(20(13)15)12-18(27)26-9-7-14(23)8-10-28-26;1-2/h1-6,11,14H,7-10,12,23H2;2H,1H3/t14-;/m1./s1. The van der Waals surface area contributed by atoms with E-state index in [1.54, 1.807) is 30.7 Å². The fraction of sp³-hybridized carbons (Fsp3) is 0.333. The summed E-state index contributed by atoms with van der Waals surface area (Å²) in [5.41, 5.74) is 6.61. The van der Waals surface area contributed by atoms with Gasteiger partial charge in [0, 0.05) is 17.0 Å². The lowest BCUT2D eigenvalue weighted by molar-refractivity contribution is -0.184. The molecular weight excluding hydrogens is 410 g/mol. The number of halogens is 2. The van der Waals surface area contributed by atoms with Crippen molar-refractivity contribution in [3.05, 3.63) is 54.2 Å². The van der Waals surface area contributed by atoms with Crippen molar-refractivity contribution >= 4 is 29.4 Å². The second kappa shape index (κ2) is 10.0. The van der Waals surface area contributed by atoms with E-state index in [2.05, 4.69) is 17.7 Å². The minimum atomic E-state index is -0.670. The Hall–Kier alpha value is -2.49. The SMILES string of the molecule is CS.N[C@H]1CCON(C(=O)Cn2ncc3cccc(-c4c(F)cccc4F)c32)CC1. The smallest absolute Gasteiger partial charge is 0.267 e. The van der Waals surface area contributed by atoms with Crippen LogP contribution in [-0.4, -0.2) is 46.2 Å². The maximum Gasteiger partial charge on any atom is 0.267 e. The van der Waals surface area contributed by atoms with Crippen LogP contribution in [0.3, 0.4) is 0 Å². The topological polar surface area (TPSA) is 73.4 Å². The summed E-state index contributed by atoms with van der Waals surface area (Å²) in [6, 6.07) is 8.84. The third-order valence-corrected chi connectivity index (χ3v) is 4.90. The molecule has 6 nitrogen and oxygen atoms in total. The van der Waals surface area contributed by atoms with Crippen LogP contribution < -0.4 is 5.73 Å². The normalized spacial score (nSPS) is 16.7. The van der Waals surface area contributed by atoms with Gasteiger partial charge in [0.25, 0.3) is 5.91 Å². The van der Waals surface area contributed by atoms with Gasteiger partial charge in [-0.15, -0.1) is 0 Å². The first kappa shape index (κ1) is 22.2. The molecule has 0 saturated carbocycles. The number of hydrogen-bond donors (Lipinski definition) is 2. The van der Waals surface area contributed by atoms with Gasteiger partial charge in [-0.3, -0.25) is 14.3 Å². The molecule has 160 valence electrons. The number of fused-ring (bicyclic) bond motifs is 1. The van der Waals surface area contributed by atoms with Crippen molar-refractivity contribution in [1.29, 1.82) is 0 Å². The number of carbonyl (C=O) groups is 1. The van der Waals surface area contributed by atoms with Crippen LogP contribution in [0, 0.1) is 11.6 Å². The lowest BCUT2D eigenvalue weighted by atomic mass is 10.0. The molecule has 2 heterocycles. The molecule has 0 aliphatic carbocycles. The zero-order valence-corrected chi connectivity index (χ0v) is 17.5. The highest BCUT2D eigenvalue weighted by Gasteiger charge is 2.22. The summed E-state index contributed by atoms with van der Waals surface area (Å²) in [6.45, 7) is 0.665. The Labute approximate surface area is 179 Å². The van der Waals surface area contributed by atoms with E-state index in [1.165, 1.54) is 27.9 Å². The largest absolute Gasteiger partial charge is 0.328 e. The lowest BCUT2D eigenvalue weighted by Gasteiger charge is -2.19. The van der Waals surface area contributed by atoms with E-state index in [4.69, 9.17) is 10.6 Å². The predicted molar refractivity (Wildman–Crippen MR) is 115 cm³/mol. The molecule has 2 N–H and O–H groups in total. The van der Waals surface area contributed by atoms with Crippen LogP contribution in [0.2, 0.25) is 0 Å². The Bertz CT molecular complexity index is 1010. The first-order valence-corrected chi connectivity index (χ1v) is 10.5. The molecule has 0 bridgehead atoms. The van der Waals surface area contributed by atoms with E-state index < -0.39 is 11.6 Å². The molecular formula is C21H24F2N4O2S. The number of nitrogens with zero attached hydrogens (tertiary/aromatic N) is 3. The summed E-state index contributed by atoms with van der Waals surface area (Å²) in [4.78, 5) is 18.2. The number of aromatic nitrogens is 2. The van der Waals surface area contributed by atoms with Crippen LogP contribution >= 0.6 is 12.6 Å². The van der Waals surface area contributed by atoms with Crippen LogP contribution in [0.1, 0.15) is 12.8 Å². The Morgan fingerprint density at radius 1 is 1.20 bits per heavy atom. The number of hydrogen-bond acceptors (Lipinski definition) is 5. The fourth-order valence-corrected chi connectivity index (χ4v) is 3.43. The zero-order chi connectivity index (χ0) is 21.7. The molecule has 0 spiro atoms. The molecule has 0 radical (unpaired) electrons. The van der Waals surface area contributed by atoms with Gasteiger partial charge in [0.2, 0.25) is 0 Å². The van der Waals surface area contributed by atoms with Crippen LogP contribution in [0.25, 0.3) is 22.0 Å². The van der Waals surface area contributed by atoms with E-state index in [1.807, 2.05) is 0 Å². The van der Waals surface area contributed by atoms with Crippen molar-refractivity contribution in [3.63, 3.8) is 0 Å². The second-order valence-corrected chi connectivity index (χ2v) is 6.81. The van der Waals surface area contributed by atoms with Crippen molar-refractivity contribution in [2.24, 2.45) is 5.73 Å². The summed E-state index contributed by atoms with van der Waals surface area (Å²) in [7, 11) is 0. The van der Waals surface area contributed by atoms with Crippen LogP contribution in [0.4, 0.5) is 8.78 Å². The average molecular weight is 435 g/mol. The molecule has 9 heteroatoms. The number of carbonyl (C=O) groups excluding carboxylic acids is 1. The summed E-state index contributed by atoms with van der Waals surface area (Å²) in [5, 5.41) is 6.24. The van der Waals surface area contributed by atoms with E-state index in [0.717, 1.165) is 0 Å². The minimum absolute atomic E-state index is 0.000956. The Morgan fingerprint density at radius 3 is 2.63 bits per heavy atom. The summed E-state index contributed by atoms with van der Waals surface area (Å²) in [5.74, 6) is -1.63. The molecule has 1 aliphatic rings. The summed E-state index contributed by atoms with van der Waals surface area (Å²) < 4.78 is 30.2. The molecule has 0 unspecified atom stereocenters. The van der Waals surface area contributed by atoms with Crippen molar-refractivity contribution in [1.82, 2.24) is 14.8 Å². The molecule has 1 aliphatic heterocycles. The highest BCUT2D eigenvalue weighted by molar-refractivity contribution is 7.79. The molecule has 1 saturated heterocycles. The van der Waals surface area contributed by atoms with Gasteiger partial charge in [-0.25, -0.2) is 13.8 Å². The first-order valence-electron chi connectivity index (χ1n) is 9.57. The van der Waals surface area contributed by atoms with E-state index in [0.29, 0.717) is 42.5 Å². The Kier molecular flexibility index (Phi) is 7.41. The molecule has 2 aromatic carbocycles. The van der Waals surface area contributed by atoms with E-state index >= 15 is 0 Å². The summed E-state index contributed by atoms with van der Waals surface area (Å²) >= 11 is 3.53. The quantitative estimate of drug-likeness (QED) is 0.620. The number of amides is 1. The molecule has 1 aromatic heterocycles. The van der Waals surface area contributed by atoms with Gasteiger partial charge in [-0.05, 0) is 31.2 Å². The fourth-order valence-electron chi connectivity index (χ4n) is 3.43. The monoisotopic (exact) mass is 434 g/mol. The van der Waals surface area contributed by atoms with Gasteiger partial charge >= 0.3 is 0 Å². The third-order valence-electron chi connectivity index (χ3n) is 4.90. The van der Waals surface area contributed by atoms with Gasteiger partial charge in [-0.1, -0.05) is 24.3 Å². The van der Waals surface area contributed by atoms with Gasteiger partial charge in [0.05, 0.1) is 30.4 Å². The number of rotatable bonds is 3. The van der Waals surface area contributed by atoms with Crippen molar-refractivity contribution in [3.8, 4) is 11.1 Å². The Morgan fingerprint density at radius 2 is 1.90 bits per heavy atom. The zero-order valence-electron chi connectivity index (χ0n) is 16.6. The third kappa shape index (κ3) is 4.63.